The topological polar surface area (TPSA) is 75.4 Å². The van der Waals surface area contributed by atoms with Crippen LogP contribution in [0.3, 0.4) is 0 Å². The quantitative estimate of drug-likeness (QED) is 0.353. The highest BCUT2D eigenvalue weighted by Gasteiger charge is 2.19. The smallest absolute Gasteiger partial charge is 0.273 e. The first-order valence-corrected chi connectivity index (χ1v) is 11.7. The van der Waals surface area contributed by atoms with E-state index in [-0.39, 0.29) is 24.1 Å². The third-order valence-electron chi connectivity index (χ3n) is 5.75. The summed E-state index contributed by atoms with van der Waals surface area (Å²) in [6.45, 7) is 3.11. The number of carbonyl (C=O) groups excluding carboxylic acids is 2. The van der Waals surface area contributed by atoms with Crippen LogP contribution in [-0.4, -0.2) is 21.9 Å². The monoisotopic (exact) mass is 467 g/mol. The summed E-state index contributed by atoms with van der Waals surface area (Å²) < 4.78 is 5.43. The van der Waals surface area contributed by atoms with Crippen molar-refractivity contribution in [3.05, 3.63) is 125 Å². The van der Waals surface area contributed by atoms with Crippen LogP contribution in [0.4, 0.5) is 0 Å². The molecule has 0 aliphatic rings. The molecule has 4 rings (SSSR count). The van der Waals surface area contributed by atoms with Crippen molar-refractivity contribution in [1.29, 1.82) is 0 Å². The van der Waals surface area contributed by atoms with Gasteiger partial charge in [-0.2, -0.15) is 0 Å². The Morgan fingerprint density at radius 3 is 2.17 bits per heavy atom. The molecule has 0 radical (unpaired) electrons. The average Bonchev–Trinajstić information content (AvgIpc) is 3.36. The molecule has 0 aliphatic heterocycles. The minimum atomic E-state index is -0.314. The molecule has 35 heavy (non-hydrogen) atoms. The Balaban J connectivity index is 1.39. The predicted molar refractivity (Wildman–Crippen MR) is 134 cm³/mol. The summed E-state index contributed by atoms with van der Waals surface area (Å²) in [5, 5.41) is 6.79. The van der Waals surface area contributed by atoms with Crippen LogP contribution < -0.4 is 5.32 Å². The Bertz CT molecular complexity index is 1240. The van der Waals surface area contributed by atoms with Crippen molar-refractivity contribution in [3.8, 4) is 0 Å². The number of hydrogen-bond donors (Lipinski definition) is 1. The number of aromatic nitrogens is 1. The standard InChI is InChI=1S/C29H29N3O3/c1-22-12-14-24(15-13-22)19-30-29(34)27-18-26(35-31-27)21-32(20-25-10-6-3-7-11-25)28(33)17-16-23-8-4-2-5-9-23/h2-15,18H,16-17,19-21H2,1H3,(H,30,34). The summed E-state index contributed by atoms with van der Waals surface area (Å²) in [7, 11) is 0. The van der Waals surface area contributed by atoms with E-state index in [4.69, 9.17) is 4.52 Å². The molecule has 4 aromatic rings. The Labute approximate surface area is 205 Å². The first kappa shape index (κ1) is 24.0. The van der Waals surface area contributed by atoms with E-state index < -0.39 is 0 Å². The zero-order valence-corrected chi connectivity index (χ0v) is 19.8. The van der Waals surface area contributed by atoms with Crippen LogP contribution in [0, 0.1) is 6.92 Å². The number of nitrogens with one attached hydrogen (secondary N) is 1. The molecule has 6 heteroatoms. The van der Waals surface area contributed by atoms with E-state index in [1.807, 2.05) is 91.9 Å². The number of benzene rings is 3. The van der Waals surface area contributed by atoms with Crippen molar-refractivity contribution >= 4 is 11.8 Å². The van der Waals surface area contributed by atoms with Crippen LogP contribution in [0.2, 0.25) is 0 Å². The van der Waals surface area contributed by atoms with Crippen molar-refractivity contribution in [2.24, 2.45) is 0 Å². The summed E-state index contributed by atoms with van der Waals surface area (Å²) in [5.74, 6) is 0.166. The van der Waals surface area contributed by atoms with Crippen molar-refractivity contribution in [2.75, 3.05) is 0 Å². The third kappa shape index (κ3) is 7.14. The first-order chi connectivity index (χ1) is 17.1. The molecule has 0 saturated carbocycles. The van der Waals surface area contributed by atoms with Gasteiger partial charge < -0.3 is 14.7 Å². The van der Waals surface area contributed by atoms with Crippen molar-refractivity contribution in [2.45, 2.75) is 39.4 Å². The third-order valence-corrected chi connectivity index (χ3v) is 5.75. The Morgan fingerprint density at radius 2 is 1.49 bits per heavy atom. The van der Waals surface area contributed by atoms with Crippen LogP contribution in [0.15, 0.2) is 95.5 Å². The lowest BCUT2D eigenvalue weighted by Gasteiger charge is -2.21. The molecule has 0 aliphatic carbocycles. The molecule has 0 bridgehead atoms. The second-order valence-corrected chi connectivity index (χ2v) is 8.57. The number of aryl methyl sites for hydroxylation is 2. The van der Waals surface area contributed by atoms with E-state index in [1.165, 1.54) is 5.56 Å². The maximum atomic E-state index is 13.1. The fraction of sp³-hybridized carbons (Fsp3) is 0.207. The molecular weight excluding hydrogens is 438 g/mol. The maximum Gasteiger partial charge on any atom is 0.273 e. The van der Waals surface area contributed by atoms with E-state index in [9.17, 15) is 9.59 Å². The summed E-state index contributed by atoms with van der Waals surface area (Å²) >= 11 is 0. The predicted octanol–water partition coefficient (Wildman–Crippen LogP) is 5.07. The number of carbonyl (C=O) groups is 2. The van der Waals surface area contributed by atoms with Gasteiger partial charge in [0.2, 0.25) is 5.91 Å². The van der Waals surface area contributed by atoms with Gasteiger partial charge >= 0.3 is 0 Å². The number of hydrogen-bond acceptors (Lipinski definition) is 4. The second kappa shape index (κ2) is 11.8. The van der Waals surface area contributed by atoms with E-state index in [0.717, 1.165) is 16.7 Å². The fourth-order valence-electron chi connectivity index (χ4n) is 3.75. The molecule has 0 spiro atoms. The molecule has 6 nitrogen and oxygen atoms in total. The SMILES string of the molecule is Cc1ccc(CNC(=O)c2cc(CN(Cc3ccccc3)C(=O)CCc3ccccc3)on2)cc1. The molecule has 0 fully saturated rings. The number of nitrogens with zero attached hydrogens (tertiary/aromatic N) is 2. The number of amides is 2. The molecule has 2 amide bonds. The van der Waals surface area contributed by atoms with Crippen molar-refractivity contribution in [1.82, 2.24) is 15.4 Å². The summed E-state index contributed by atoms with van der Waals surface area (Å²) in [6, 6.07) is 29.4. The minimum Gasteiger partial charge on any atom is -0.359 e. The molecule has 0 saturated heterocycles. The lowest BCUT2D eigenvalue weighted by Crippen LogP contribution is -2.30. The second-order valence-electron chi connectivity index (χ2n) is 8.57. The number of rotatable bonds is 10. The average molecular weight is 468 g/mol. The Morgan fingerprint density at radius 1 is 0.829 bits per heavy atom. The van der Waals surface area contributed by atoms with E-state index in [1.54, 1.807) is 11.0 Å². The normalized spacial score (nSPS) is 10.7. The van der Waals surface area contributed by atoms with Crippen LogP contribution in [0.5, 0.6) is 0 Å². The summed E-state index contributed by atoms with van der Waals surface area (Å²) in [6.07, 6.45) is 1.04. The van der Waals surface area contributed by atoms with Gasteiger partial charge in [-0.1, -0.05) is 95.6 Å². The Kier molecular flexibility index (Phi) is 8.07. The van der Waals surface area contributed by atoms with Gasteiger partial charge in [-0.15, -0.1) is 0 Å². The van der Waals surface area contributed by atoms with Gasteiger partial charge in [0, 0.05) is 25.6 Å². The Hall–Kier alpha value is -4.19. The van der Waals surface area contributed by atoms with Gasteiger partial charge in [0.05, 0.1) is 6.54 Å². The van der Waals surface area contributed by atoms with Crippen LogP contribution in [0.1, 0.15) is 44.9 Å². The molecule has 1 N–H and O–H groups in total. The van der Waals surface area contributed by atoms with E-state index in [2.05, 4.69) is 10.5 Å². The molecule has 1 heterocycles. The van der Waals surface area contributed by atoms with Crippen LogP contribution in [-0.2, 0) is 30.8 Å². The largest absolute Gasteiger partial charge is 0.359 e. The zero-order chi connectivity index (χ0) is 24.5. The van der Waals surface area contributed by atoms with Gasteiger partial charge in [0.1, 0.15) is 0 Å². The minimum absolute atomic E-state index is 0.0134. The molecule has 1 aromatic heterocycles. The highest BCUT2D eigenvalue weighted by atomic mass is 16.5. The van der Waals surface area contributed by atoms with Crippen molar-refractivity contribution < 1.29 is 14.1 Å². The summed E-state index contributed by atoms with van der Waals surface area (Å²) in [5.41, 5.74) is 4.51. The highest BCUT2D eigenvalue weighted by molar-refractivity contribution is 5.92. The first-order valence-electron chi connectivity index (χ1n) is 11.7. The van der Waals surface area contributed by atoms with Gasteiger partial charge in [0.25, 0.3) is 5.91 Å². The van der Waals surface area contributed by atoms with Gasteiger partial charge in [-0.3, -0.25) is 9.59 Å². The molecule has 178 valence electrons. The van der Waals surface area contributed by atoms with Crippen molar-refractivity contribution in [3.63, 3.8) is 0 Å². The lowest BCUT2D eigenvalue weighted by atomic mass is 10.1. The molecule has 3 aromatic carbocycles. The summed E-state index contributed by atoms with van der Waals surface area (Å²) in [4.78, 5) is 27.4. The highest BCUT2D eigenvalue weighted by Crippen LogP contribution is 2.15. The molecule has 0 atom stereocenters. The lowest BCUT2D eigenvalue weighted by molar-refractivity contribution is -0.132. The van der Waals surface area contributed by atoms with Crippen LogP contribution in [0.25, 0.3) is 0 Å². The van der Waals surface area contributed by atoms with Crippen LogP contribution >= 0.6 is 0 Å². The molecule has 0 unspecified atom stereocenters. The zero-order valence-electron chi connectivity index (χ0n) is 19.8. The van der Waals surface area contributed by atoms with Gasteiger partial charge in [-0.25, -0.2) is 0 Å². The van der Waals surface area contributed by atoms with E-state index in [0.29, 0.717) is 31.7 Å². The van der Waals surface area contributed by atoms with E-state index >= 15 is 0 Å². The van der Waals surface area contributed by atoms with Gasteiger partial charge in [-0.05, 0) is 30.0 Å². The molecular formula is C29H29N3O3. The maximum absolute atomic E-state index is 13.1. The fourth-order valence-corrected chi connectivity index (χ4v) is 3.75. The van der Waals surface area contributed by atoms with Gasteiger partial charge in [0.15, 0.2) is 11.5 Å².